The zero-order valence-corrected chi connectivity index (χ0v) is 7.58. The third kappa shape index (κ3) is 2.24. The maximum absolute atomic E-state index is 3.76. The minimum atomic E-state index is 0.942. The molecule has 1 N–H and O–H groups in total. The summed E-state index contributed by atoms with van der Waals surface area (Å²) in [4.78, 5) is 1.31. The molecule has 1 aliphatic rings. The second-order valence-corrected chi connectivity index (χ2v) is 3.26. The number of hydrogen-bond donors (Lipinski definition) is 1. The molecule has 0 radical (unpaired) electrons. The summed E-state index contributed by atoms with van der Waals surface area (Å²) in [5, 5.41) is 0. The summed E-state index contributed by atoms with van der Waals surface area (Å²) in [6, 6.07) is 0. The lowest BCUT2D eigenvalue weighted by Gasteiger charge is -1.91. The first kappa shape index (κ1) is 8.62. The molecule has 2 heteroatoms. The van der Waals surface area contributed by atoms with Gasteiger partial charge in [-0.2, -0.15) is 0 Å². The second kappa shape index (κ2) is 4.42. The molecular weight excluding hydrogens is 154 g/mol. The van der Waals surface area contributed by atoms with Gasteiger partial charge in [0.1, 0.15) is 0 Å². The molecule has 1 heterocycles. The first-order valence-electron chi connectivity index (χ1n) is 3.80. The molecule has 11 heavy (non-hydrogen) atoms. The minimum absolute atomic E-state index is 0.942. The molecule has 1 aliphatic heterocycles. The summed E-state index contributed by atoms with van der Waals surface area (Å²) < 4.78 is 3.20. The molecule has 0 fully saturated rings. The van der Waals surface area contributed by atoms with Crippen LogP contribution in [0.15, 0.2) is 35.3 Å². The van der Waals surface area contributed by atoms with E-state index in [-0.39, 0.29) is 0 Å². The van der Waals surface area contributed by atoms with Gasteiger partial charge in [0, 0.05) is 11.4 Å². The lowest BCUT2D eigenvalue weighted by atomic mass is 10.2. The van der Waals surface area contributed by atoms with Gasteiger partial charge in [-0.3, -0.25) is 4.72 Å². The Labute approximate surface area is 72.4 Å². The largest absolute Gasteiger partial charge is 0.255 e. The van der Waals surface area contributed by atoms with E-state index in [1.807, 2.05) is 6.08 Å². The van der Waals surface area contributed by atoms with E-state index in [4.69, 9.17) is 0 Å². The summed E-state index contributed by atoms with van der Waals surface area (Å²) >= 11 is 1.69. The molecule has 0 saturated carbocycles. The fraction of sp³-hybridized carbons (Fsp3) is 0.333. The van der Waals surface area contributed by atoms with Crippen LogP contribution in [0.5, 0.6) is 0 Å². The Morgan fingerprint density at radius 3 is 3.18 bits per heavy atom. The summed E-state index contributed by atoms with van der Waals surface area (Å²) in [5.41, 5.74) is 1.31. The van der Waals surface area contributed by atoms with Crippen LogP contribution in [0.3, 0.4) is 0 Å². The Morgan fingerprint density at radius 2 is 2.55 bits per heavy atom. The van der Waals surface area contributed by atoms with Gasteiger partial charge in [-0.25, -0.2) is 0 Å². The van der Waals surface area contributed by atoms with Crippen molar-refractivity contribution in [3.63, 3.8) is 0 Å². The topological polar surface area (TPSA) is 12.0 Å². The molecule has 0 spiro atoms. The van der Waals surface area contributed by atoms with Crippen molar-refractivity contribution in [1.82, 2.24) is 4.72 Å². The van der Waals surface area contributed by atoms with E-state index in [0.29, 0.717) is 0 Å². The number of rotatable bonds is 3. The average Bonchev–Trinajstić information content (AvgIpc) is 2.47. The first-order chi connectivity index (χ1) is 5.38. The van der Waals surface area contributed by atoms with E-state index in [0.717, 1.165) is 13.0 Å². The lowest BCUT2D eigenvalue weighted by Crippen LogP contribution is -1.97. The molecule has 0 aliphatic carbocycles. The molecule has 0 amide bonds. The normalized spacial score (nSPS) is 18.3. The van der Waals surface area contributed by atoms with Gasteiger partial charge < -0.3 is 0 Å². The number of nitrogens with one attached hydrogen (secondary N) is 1. The Hall–Kier alpha value is -0.470. The maximum Gasteiger partial charge on any atom is 0.0324 e. The predicted octanol–water partition coefficient (Wildman–Crippen LogP) is 2.64. The Balaban J connectivity index is 2.66. The predicted molar refractivity (Wildman–Crippen MR) is 52.2 cm³/mol. The second-order valence-electron chi connectivity index (χ2n) is 2.33. The van der Waals surface area contributed by atoms with Crippen molar-refractivity contribution in [2.24, 2.45) is 0 Å². The standard InChI is InChI=1S/C9H13NS/c1-3-5-6-9-8(4-2)7-10-11-9/h4-6,10H,2-3,7H2,1H3/b6-5-. The van der Waals surface area contributed by atoms with E-state index < -0.39 is 0 Å². The average molecular weight is 167 g/mol. The Morgan fingerprint density at radius 1 is 1.73 bits per heavy atom. The van der Waals surface area contributed by atoms with Crippen LogP contribution in [-0.4, -0.2) is 6.54 Å². The lowest BCUT2D eigenvalue weighted by molar-refractivity contribution is 1.11. The highest BCUT2D eigenvalue weighted by atomic mass is 32.2. The molecule has 1 nitrogen and oxygen atoms in total. The van der Waals surface area contributed by atoms with Gasteiger partial charge in [-0.15, -0.1) is 0 Å². The molecule has 0 unspecified atom stereocenters. The summed E-state index contributed by atoms with van der Waals surface area (Å²) in [5.74, 6) is 0. The summed E-state index contributed by atoms with van der Waals surface area (Å²) in [7, 11) is 0. The van der Waals surface area contributed by atoms with Crippen LogP contribution in [0.2, 0.25) is 0 Å². The molecule has 0 aromatic carbocycles. The quantitative estimate of drug-likeness (QED) is 0.648. The van der Waals surface area contributed by atoms with E-state index in [1.165, 1.54) is 10.5 Å². The highest BCUT2D eigenvalue weighted by Crippen LogP contribution is 2.24. The molecule has 0 bridgehead atoms. The fourth-order valence-electron chi connectivity index (χ4n) is 0.883. The molecule has 0 aromatic rings. The van der Waals surface area contributed by atoms with Gasteiger partial charge in [0.25, 0.3) is 0 Å². The van der Waals surface area contributed by atoms with Crippen LogP contribution in [-0.2, 0) is 0 Å². The Bertz CT molecular complexity index is 204. The SMILES string of the molecule is C=CC1=C(/C=C\CC)SNC1. The Kier molecular flexibility index (Phi) is 3.46. The molecule has 0 saturated heterocycles. The highest BCUT2D eigenvalue weighted by molar-refractivity contribution is 8.01. The van der Waals surface area contributed by atoms with Crippen molar-refractivity contribution < 1.29 is 0 Å². The summed E-state index contributed by atoms with van der Waals surface area (Å²) in [6.45, 7) is 6.83. The maximum atomic E-state index is 3.76. The monoisotopic (exact) mass is 167 g/mol. The van der Waals surface area contributed by atoms with Crippen molar-refractivity contribution in [2.45, 2.75) is 13.3 Å². The van der Waals surface area contributed by atoms with Crippen LogP contribution in [0.25, 0.3) is 0 Å². The fourth-order valence-corrected chi connectivity index (χ4v) is 1.72. The van der Waals surface area contributed by atoms with Crippen molar-refractivity contribution in [3.8, 4) is 0 Å². The van der Waals surface area contributed by atoms with E-state index in [1.54, 1.807) is 11.9 Å². The van der Waals surface area contributed by atoms with Gasteiger partial charge in [0.15, 0.2) is 0 Å². The van der Waals surface area contributed by atoms with Crippen molar-refractivity contribution in [1.29, 1.82) is 0 Å². The van der Waals surface area contributed by atoms with Gasteiger partial charge in [-0.05, 0) is 23.9 Å². The minimum Gasteiger partial charge on any atom is -0.255 e. The third-order valence-corrected chi connectivity index (χ3v) is 2.42. The van der Waals surface area contributed by atoms with Crippen LogP contribution in [0.4, 0.5) is 0 Å². The highest BCUT2D eigenvalue weighted by Gasteiger charge is 2.08. The van der Waals surface area contributed by atoms with Crippen LogP contribution in [0.1, 0.15) is 13.3 Å². The molecule has 1 rings (SSSR count). The molecule has 0 atom stereocenters. The van der Waals surface area contributed by atoms with Gasteiger partial charge in [0.2, 0.25) is 0 Å². The zero-order valence-electron chi connectivity index (χ0n) is 6.76. The third-order valence-electron chi connectivity index (χ3n) is 1.51. The van der Waals surface area contributed by atoms with Crippen LogP contribution >= 0.6 is 11.9 Å². The summed E-state index contributed by atoms with van der Waals surface area (Å²) in [6.07, 6.45) is 7.33. The van der Waals surface area contributed by atoms with E-state index >= 15 is 0 Å². The zero-order chi connectivity index (χ0) is 8.10. The van der Waals surface area contributed by atoms with Crippen LogP contribution < -0.4 is 4.72 Å². The number of allylic oxidation sites excluding steroid dienone is 2. The van der Waals surface area contributed by atoms with Crippen molar-refractivity contribution >= 4 is 11.9 Å². The van der Waals surface area contributed by atoms with Crippen molar-refractivity contribution in [2.75, 3.05) is 6.54 Å². The molecular formula is C9H13NS. The molecule has 60 valence electrons. The van der Waals surface area contributed by atoms with Gasteiger partial charge >= 0.3 is 0 Å². The van der Waals surface area contributed by atoms with Gasteiger partial charge in [-0.1, -0.05) is 31.7 Å². The number of hydrogen-bond acceptors (Lipinski definition) is 2. The smallest absolute Gasteiger partial charge is 0.0324 e. The van der Waals surface area contributed by atoms with Gasteiger partial charge in [0.05, 0.1) is 0 Å². The van der Waals surface area contributed by atoms with E-state index in [2.05, 4.69) is 30.4 Å². The first-order valence-corrected chi connectivity index (χ1v) is 4.62. The molecule has 0 aromatic heterocycles. The van der Waals surface area contributed by atoms with Crippen LogP contribution in [0, 0.1) is 0 Å². The van der Waals surface area contributed by atoms with E-state index in [9.17, 15) is 0 Å². The van der Waals surface area contributed by atoms with Crippen molar-refractivity contribution in [3.05, 3.63) is 35.3 Å².